The first-order chi connectivity index (χ1) is 20.5. The second-order valence-electron chi connectivity index (χ2n) is 8.62. The van der Waals surface area contributed by atoms with Gasteiger partial charge in [-0.25, -0.2) is 8.42 Å². The van der Waals surface area contributed by atoms with E-state index in [0.717, 1.165) is 12.1 Å². The summed E-state index contributed by atoms with van der Waals surface area (Å²) < 4.78 is 136. The van der Waals surface area contributed by atoms with Gasteiger partial charge in [0.2, 0.25) is 0 Å². The van der Waals surface area contributed by atoms with Crippen molar-refractivity contribution in [3.05, 3.63) is 127 Å². The van der Waals surface area contributed by atoms with Crippen LogP contribution >= 0.6 is 0 Å². The molecule has 0 amide bonds. The van der Waals surface area contributed by atoms with Gasteiger partial charge in [-0.15, -0.1) is 0 Å². The highest BCUT2D eigenvalue weighted by Crippen LogP contribution is 2.50. The van der Waals surface area contributed by atoms with E-state index in [0.29, 0.717) is 17.7 Å². The number of hydrogen-bond donors (Lipinski definition) is 0. The molecule has 0 spiro atoms. The molecule has 4 aromatic carbocycles. The molecule has 0 saturated heterocycles. The standard InChI is InChI=1S/C18H15S.C11H8F6O6S2/c1-4-10-16(11-5-1)19(17-12-6-2-7-13-17)18-14-8-3-9-15-18;1-2-7-3-5-8(6-4-7)23-25(21,22)11(16,17)9(12,13)10(14,15)24(18,19)20/h1-15H;2-6H,1H2,(H,18,19,20)/q+1;/p-1. The van der Waals surface area contributed by atoms with E-state index in [9.17, 15) is 47.7 Å². The topological polar surface area (TPSA) is 101 Å². The fourth-order valence-corrected chi connectivity index (χ4v) is 6.92. The summed E-state index contributed by atoms with van der Waals surface area (Å²) in [5, 5.41) is -13.7. The van der Waals surface area contributed by atoms with Crippen LogP contribution in [0.25, 0.3) is 6.08 Å². The average Bonchev–Trinajstić information content (AvgIpc) is 2.99. The van der Waals surface area contributed by atoms with Crippen molar-refractivity contribution in [3.63, 3.8) is 0 Å². The van der Waals surface area contributed by atoms with Crippen LogP contribution in [0.3, 0.4) is 0 Å². The molecule has 0 unspecified atom stereocenters. The molecule has 0 radical (unpaired) electrons. The van der Waals surface area contributed by atoms with Gasteiger partial charge in [0, 0.05) is 0 Å². The maximum Gasteiger partial charge on any atom is 0.450 e. The Morgan fingerprint density at radius 3 is 1.30 bits per heavy atom. The molecule has 0 atom stereocenters. The quantitative estimate of drug-likeness (QED) is 0.0764. The number of rotatable bonds is 10. The van der Waals surface area contributed by atoms with Gasteiger partial charge in [0.05, 0.1) is 10.9 Å². The summed E-state index contributed by atoms with van der Waals surface area (Å²) in [6.07, 6.45) is 1.24. The van der Waals surface area contributed by atoms with Crippen LogP contribution in [-0.2, 0) is 31.1 Å². The summed E-state index contributed by atoms with van der Waals surface area (Å²) in [5.41, 5.74) is 0.339. The zero-order valence-corrected chi connectivity index (χ0v) is 24.6. The highest BCUT2D eigenvalue weighted by Gasteiger charge is 2.81. The van der Waals surface area contributed by atoms with E-state index in [1.165, 1.54) is 20.8 Å². The lowest BCUT2D eigenvalue weighted by Crippen LogP contribution is -2.61. The van der Waals surface area contributed by atoms with Crippen LogP contribution in [0, 0.1) is 0 Å². The molecule has 0 heterocycles. The third kappa shape index (κ3) is 7.29. The molecule has 4 aromatic rings. The average molecular weight is 677 g/mol. The van der Waals surface area contributed by atoms with Gasteiger partial charge >= 0.3 is 26.5 Å². The van der Waals surface area contributed by atoms with E-state index in [1.807, 2.05) is 0 Å². The molecule has 0 N–H and O–H groups in total. The zero-order valence-electron chi connectivity index (χ0n) is 22.2. The second-order valence-corrected chi connectivity index (χ2v) is 13.7. The van der Waals surface area contributed by atoms with Gasteiger partial charge < -0.3 is 8.74 Å². The molecule has 0 aliphatic rings. The molecule has 44 heavy (non-hydrogen) atoms. The van der Waals surface area contributed by atoms with Crippen molar-refractivity contribution in [2.45, 2.75) is 31.1 Å². The van der Waals surface area contributed by atoms with Crippen LogP contribution in [0.4, 0.5) is 26.3 Å². The molecule has 4 rings (SSSR count). The van der Waals surface area contributed by atoms with Crippen molar-refractivity contribution in [1.29, 1.82) is 0 Å². The molecule has 0 aliphatic carbocycles. The second kappa shape index (κ2) is 13.5. The van der Waals surface area contributed by atoms with Crippen molar-refractivity contribution in [2.75, 3.05) is 0 Å². The molecular formula is C29H22F6O6S3. The number of hydrogen-bond acceptors (Lipinski definition) is 6. The molecule has 0 fully saturated rings. The Labute approximate surface area is 252 Å². The fraction of sp³-hybridized carbons (Fsp3) is 0.103. The number of alkyl halides is 6. The highest BCUT2D eigenvalue weighted by atomic mass is 32.2. The van der Waals surface area contributed by atoms with Crippen LogP contribution < -0.4 is 4.18 Å². The predicted molar refractivity (Wildman–Crippen MR) is 152 cm³/mol. The lowest BCUT2D eigenvalue weighted by Gasteiger charge is -2.32. The van der Waals surface area contributed by atoms with Crippen LogP contribution in [0.15, 0.2) is 137 Å². The van der Waals surface area contributed by atoms with Crippen LogP contribution in [0.1, 0.15) is 5.56 Å². The smallest absolute Gasteiger partial charge is 0.450 e. The van der Waals surface area contributed by atoms with Crippen molar-refractivity contribution in [2.24, 2.45) is 0 Å². The molecule has 0 aromatic heterocycles. The van der Waals surface area contributed by atoms with E-state index >= 15 is 0 Å². The molecule has 6 nitrogen and oxygen atoms in total. The lowest BCUT2D eigenvalue weighted by molar-refractivity contribution is -0.247. The van der Waals surface area contributed by atoms with E-state index in [1.54, 1.807) is 0 Å². The zero-order chi connectivity index (χ0) is 32.8. The summed E-state index contributed by atoms with van der Waals surface area (Å²) >= 11 is 0. The van der Waals surface area contributed by atoms with Gasteiger partial charge in [0.1, 0.15) is 5.75 Å². The number of benzene rings is 4. The van der Waals surface area contributed by atoms with Crippen LogP contribution in [0.5, 0.6) is 5.75 Å². The normalized spacial score (nSPS) is 12.6. The van der Waals surface area contributed by atoms with Crippen molar-refractivity contribution >= 4 is 37.2 Å². The molecular weight excluding hydrogens is 655 g/mol. The third-order valence-corrected chi connectivity index (χ3v) is 10.0. The van der Waals surface area contributed by atoms with Gasteiger partial charge in [-0.3, -0.25) is 0 Å². The lowest BCUT2D eigenvalue weighted by atomic mass is 10.2. The summed E-state index contributed by atoms with van der Waals surface area (Å²) in [7, 11) is -14.2. The van der Waals surface area contributed by atoms with Gasteiger partial charge in [-0.2, -0.15) is 34.8 Å². The molecule has 0 aliphatic heterocycles. The van der Waals surface area contributed by atoms with Gasteiger partial charge in [0.15, 0.2) is 24.8 Å². The van der Waals surface area contributed by atoms with E-state index in [4.69, 9.17) is 0 Å². The highest BCUT2D eigenvalue weighted by molar-refractivity contribution is 7.97. The Hall–Kier alpha value is -3.79. The molecule has 0 bridgehead atoms. The molecule has 15 heteroatoms. The minimum atomic E-state index is -7.33. The SMILES string of the molecule is C=Cc1ccc(OS(=O)(=O)C(F)(F)C(F)(F)C(F)(F)S(=O)(=O)[O-])cc1.c1ccc([S+](c2ccccc2)c2ccccc2)cc1. The first kappa shape index (κ1) is 34.7. The Kier molecular flexibility index (Phi) is 10.6. The minimum absolute atomic E-state index is 0.0146. The Morgan fingerprint density at radius 2 is 0.977 bits per heavy atom. The van der Waals surface area contributed by atoms with Gasteiger partial charge in [-0.05, 0) is 54.1 Å². The van der Waals surface area contributed by atoms with Crippen molar-refractivity contribution in [3.8, 4) is 5.75 Å². The van der Waals surface area contributed by atoms with Gasteiger partial charge in [0.25, 0.3) is 0 Å². The first-order valence-corrected chi connectivity index (χ1v) is 16.2. The predicted octanol–water partition coefficient (Wildman–Crippen LogP) is 7.19. The summed E-state index contributed by atoms with van der Waals surface area (Å²) in [4.78, 5) is 4.08. The Morgan fingerprint density at radius 1 is 0.614 bits per heavy atom. The van der Waals surface area contributed by atoms with E-state index in [-0.39, 0.29) is 10.9 Å². The van der Waals surface area contributed by atoms with Crippen molar-refractivity contribution < 1.29 is 51.9 Å². The largest absolute Gasteiger partial charge is 0.743 e. The Bertz CT molecular complexity index is 1660. The fourth-order valence-electron chi connectivity index (χ4n) is 3.40. The maximum atomic E-state index is 13.5. The minimum Gasteiger partial charge on any atom is -0.743 e. The maximum absolute atomic E-state index is 13.5. The summed E-state index contributed by atoms with van der Waals surface area (Å²) in [6, 6.07) is 35.7. The van der Waals surface area contributed by atoms with Gasteiger partial charge in [-0.1, -0.05) is 79.4 Å². The third-order valence-electron chi connectivity index (χ3n) is 5.62. The first-order valence-electron chi connectivity index (χ1n) is 12.1. The van der Waals surface area contributed by atoms with E-state index < -0.39 is 42.4 Å². The van der Waals surface area contributed by atoms with Crippen LogP contribution in [-0.4, -0.2) is 37.8 Å². The summed E-state index contributed by atoms with van der Waals surface area (Å²) in [6.45, 7) is 3.31. The number of halogens is 6. The summed E-state index contributed by atoms with van der Waals surface area (Å²) in [5.74, 6) is -8.07. The molecule has 0 saturated carbocycles. The molecule has 234 valence electrons. The monoisotopic (exact) mass is 676 g/mol. The van der Waals surface area contributed by atoms with Crippen molar-refractivity contribution in [1.82, 2.24) is 0 Å². The Balaban J connectivity index is 0.000000248. The van der Waals surface area contributed by atoms with Crippen LogP contribution in [0.2, 0.25) is 0 Å². The van der Waals surface area contributed by atoms with E-state index in [2.05, 4.69) is 102 Å².